The van der Waals surface area contributed by atoms with Gasteiger partial charge in [-0.25, -0.2) is 0 Å². The van der Waals surface area contributed by atoms with Crippen LogP contribution in [0, 0.1) is 12.3 Å². The molecule has 0 aromatic heterocycles. The van der Waals surface area contributed by atoms with Gasteiger partial charge >= 0.3 is 5.97 Å². The van der Waals surface area contributed by atoms with Crippen molar-refractivity contribution >= 4 is 17.8 Å². The molecular formula is C16H18N2O4. The summed E-state index contributed by atoms with van der Waals surface area (Å²) in [5.74, 6) is 1.13. The molecule has 0 fully saturated rings. The van der Waals surface area contributed by atoms with Gasteiger partial charge in [-0.3, -0.25) is 14.4 Å². The average molecular weight is 302 g/mol. The Labute approximate surface area is 129 Å². The zero-order chi connectivity index (χ0) is 16.5. The van der Waals surface area contributed by atoms with Gasteiger partial charge in [0.1, 0.15) is 11.8 Å². The SMILES string of the molecule is C#CCCC[C@H](NC(=O)c1cccc(OC(C)=O)c1)C(N)=O. The number of carbonyl (C=O) groups is 3. The minimum absolute atomic E-state index is 0.253. The number of benzene rings is 1. The molecule has 3 N–H and O–H groups in total. The summed E-state index contributed by atoms with van der Waals surface area (Å²) < 4.78 is 4.90. The number of carbonyl (C=O) groups excluding carboxylic acids is 3. The summed E-state index contributed by atoms with van der Waals surface area (Å²) >= 11 is 0. The molecule has 1 rings (SSSR count). The Bertz CT molecular complexity index is 604. The first-order valence-electron chi connectivity index (χ1n) is 6.76. The molecule has 6 nitrogen and oxygen atoms in total. The van der Waals surface area contributed by atoms with Crippen LogP contribution in [0.2, 0.25) is 0 Å². The van der Waals surface area contributed by atoms with Gasteiger partial charge in [-0.05, 0) is 31.0 Å². The van der Waals surface area contributed by atoms with Gasteiger partial charge in [-0.1, -0.05) is 6.07 Å². The lowest BCUT2D eigenvalue weighted by Crippen LogP contribution is -2.44. The van der Waals surface area contributed by atoms with Crippen LogP contribution in [0.5, 0.6) is 5.75 Å². The first-order valence-corrected chi connectivity index (χ1v) is 6.76. The monoisotopic (exact) mass is 302 g/mol. The highest BCUT2D eigenvalue weighted by Crippen LogP contribution is 2.14. The lowest BCUT2D eigenvalue weighted by molar-refractivity contribution is -0.131. The van der Waals surface area contributed by atoms with E-state index in [2.05, 4.69) is 11.2 Å². The Hall–Kier alpha value is -2.81. The number of primary amides is 1. The van der Waals surface area contributed by atoms with Gasteiger partial charge in [-0.15, -0.1) is 12.3 Å². The molecule has 0 saturated carbocycles. The maximum atomic E-state index is 12.1. The largest absolute Gasteiger partial charge is 0.427 e. The second kappa shape index (κ2) is 8.47. The standard InChI is InChI=1S/C16H18N2O4/c1-3-4-5-9-14(15(17)20)18-16(21)12-7-6-8-13(10-12)22-11(2)19/h1,6-8,10,14H,4-5,9H2,2H3,(H2,17,20)(H,18,21)/t14-/m0/s1. The van der Waals surface area contributed by atoms with Crippen molar-refractivity contribution < 1.29 is 19.1 Å². The van der Waals surface area contributed by atoms with Crippen LogP contribution in [-0.2, 0) is 9.59 Å². The van der Waals surface area contributed by atoms with E-state index in [1.807, 2.05) is 0 Å². The topological polar surface area (TPSA) is 98.5 Å². The highest BCUT2D eigenvalue weighted by molar-refractivity contribution is 5.97. The van der Waals surface area contributed by atoms with E-state index in [-0.39, 0.29) is 11.3 Å². The van der Waals surface area contributed by atoms with Crippen LogP contribution in [0.25, 0.3) is 0 Å². The summed E-state index contributed by atoms with van der Waals surface area (Å²) in [7, 11) is 0. The lowest BCUT2D eigenvalue weighted by atomic mass is 10.1. The second-order valence-corrected chi connectivity index (χ2v) is 4.65. The molecule has 2 amide bonds. The molecule has 6 heteroatoms. The summed E-state index contributed by atoms with van der Waals surface area (Å²) in [6.45, 7) is 1.27. The molecule has 0 aliphatic heterocycles. The minimum atomic E-state index is -0.793. The molecule has 1 atom stereocenters. The maximum Gasteiger partial charge on any atom is 0.308 e. The van der Waals surface area contributed by atoms with Gasteiger partial charge in [0.25, 0.3) is 5.91 Å². The molecule has 0 aliphatic carbocycles. The van der Waals surface area contributed by atoms with Crippen LogP contribution < -0.4 is 15.8 Å². The average Bonchev–Trinajstić information content (AvgIpc) is 2.45. The zero-order valence-electron chi connectivity index (χ0n) is 12.3. The Morgan fingerprint density at radius 1 is 1.41 bits per heavy atom. The number of rotatable bonds is 7. The van der Waals surface area contributed by atoms with E-state index in [0.717, 1.165) is 0 Å². The van der Waals surface area contributed by atoms with E-state index < -0.39 is 23.8 Å². The Balaban J connectivity index is 2.75. The zero-order valence-corrected chi connectivity index (χ0v) is 12.3. The minimum Gasteiger partial charge on any atom is -0.427 e. The van der Waals surface area contributed by atoms with Gasteiger partial charge in [0.05, 0.1) is 0 Å². The smallest absolute Gasteiger partial charge is 0.308 e. The number of terminal acetylenes is 1. The number of esters is 1. The van der Waals surface area contributed by atoms with Crippen LogP contribution in [0.4, 0.5) is 0 Å². The number of hydrogen-bond acceptors (Lipinski definition) is 4. The van der Waals surface area contributed by atoms with E-state index in [1.54, 1.807) is 18.2 Å². The third kappa shape index (κ3) is 5.67. The fourth-order valence-corrected chi connectivity index (χ4v) is 1.80. The maximum absolute atomic E-state index is 12.1. The van der Waals surface area contributed by atoms with Crippen molar-refractivity contribution in [3.63, 3.8) is 0 Å². The van der Waals surface area contributed by atoms with Crippen LogP contribution in [0.1, 0.15) is 36.5 Å². The van der Waals surface area contributed by atoms with Crippen LogP contribution in [0.15, 0.2) is 24.3 Å². The van der Waals surface area contributed by atoms with Crippen molar-refractivity contribution in [3.8, 4) is 18.1 Å². The molecule has 0 spiro atoms. The quantitative estimate of drug-likeness (QED) is 0.340. The summed E-state index contributed by atoms with van der Waals surface area (Å²) in [6, 6.07) is 5.29. The molecule has 0 saturated heterocycles. The van der Waals surface area contributed by atoms with Crippen LogP contribution >= 0.6 is 0 Å². The van der Waals surface area contributed by atoms with Gasteiger partial charge in [0.2, 0.25) is 5.91 Å². The molecule has 0 bridgehead atoms. The number of nitrogens with two attached hydrogens (primary N) is 1. The Morgan fingerprint density at radius 3 is 2.73 bits per heavy atom. The number of amides is 2. The number of nitrogens with one attached hydrogen (secondary N) is 1. The third-order valence-corrected chi connectivity index (χ3v) is 2.82. The highest BCUT2D eigenvalue weighted by Gasteiger charge is 2.18. The molecule has 1 aromatic rings. The summed E-state index contributed by atoms with van der Waals surface area (Å²) in [5.41, 5.74) is 5.53. The molecule has 1 aromatic carbocycles. The van der Waals surface area contributed by atoms with E-state index in [4.69, 9.17) is 16.9 Å². The van der Waals surface area contributed by atoms with E-state index in [0.29, 0.717) is 19.3 Å². The molecule has 0 aliphatic rings. The first kappa shape index (κ1) is 17.2. The Kier molecular flexibility index (Phi) is 6.64. The molecule has 0 heterocycles. The van der Waals surface area contributed by atoms with E-state index in [9.17, 15) is 14.4 Å². The van der Waals surface area contributed by atoms with Gasteiger partial charge in [-0.2, -0.15) is 0 Å². The Morgan fingerprint density at radius 2 is 2.14 bits per heavy atom. The van der Waals surface area contributed by atoms with Crippen molar-refractivity contribution in [2.75, 3.05) is 0 Å². The number of hydrogen-bond donors (Lipinski definition) is 2. The summed E-state index contributed by atoms with van der Waals surface area (Å²) in [4.78, 5) is 34.4. The normalized spacial score (nSPS) is 11.1. The third-order valence-electron chi connectivity index (χ3n) is 2.82. The molecule has 0 radical (unpaired) electrons. The molecule has 116 valence electrons. The van der Waals surface area contributed by atoms with Crippen molar-refractivity contribution in [1.29, 1.82) is 0 Å². The lowest BCUT2D eigenvalue weighted by Gasteiger charge is -2.15. The number of unbranched alkanes of at least 4 members (excludes halogenated alkanes) is 1. The number of ether oxygens (including phenoxy) is 1. The van der Waals surface area contributed by atoms with E-state index in [1.165, 1.54) is 13.0 Å². The fourth-order valence-electron chi connectivity index (χ4n) is 1.80. The predicted octanol–water partition coefficient (Wildman–Crippen LogP) is 0.999. The first-order chi connectivity index (χ1) is 10.4. The summed E-state index contributed by atoms with van der Waals surface area (Å²) in [6.07, 6.45) is 6.60. The molecule has 22 heavy (non-hydrogen) atoms. The summed E-state index contributed by atoms with van der Waals surface area (Å²) in [5, 5.41) is 2.55. The van der Waals surface area contributed by atoms with Crippen molar-refractivity contribution in [3.05, 3.63) is 29.8 Å². The van der Waals surface area contributed by atoms with Gasteiger partial charge in [0, 0.05) is 18.9 Å². The predicted molar refractivity (Wildman–Crippen MR) is 80.9 cm³/mol. The van der Waals surface area contributed by atoms with E-state index >= 15 is 0 Å². The highest BCUT2D eigenvalue weighted by atomic mass is 16.5. The van der Waals surface area contributed by atoms with Gasteiger partial charge in [0.15, 0.2) is 0 Å². The van der Waals surface area contributed by atoms with Gasteiger partial charge < -0.3 is 15.8 Å². The van der Waals surface area contributed by atoms with Crippen molar-refractivity contribution in [2.45, 2.75) is 32.2 Å². The van der Waals surface area contributed by atoms with Crippen molar-refractivity contribution in [1.82, 2.24) is 5.32 Å². The van der Waals surface area contributed by atoms with Crippen LogP contribution in [0.3, 0.4) is 0 Å². The molecule has 0 unspecified atom stereocenters. The second-order valence-electron chi connectivity index (χ2n) is 4.65. The van der Waals surface area contributed by atoms with Crippen LogP contribution in [-0.4, -0.2) is 23.8 Å². The van der Waals surface area contributed by atoms with Crippen molar-refractivity contribution in [2.24, 2.45) is 5.73 Å². The fraction of sp³-hybridized carbons (Fsp3) is 0.312. The molecular weight excluding hydrogens is 284 g/mol.